The van der Waals surface area contributed by atoms with Gasteiger partial charge in [0.2, 0.25) is 0 Å². The van der Waals surface area contributed by atoms with Gasteiger partial charge in [-0.3, -0.25) is 4.79 Å². The van der Waals surface area contributed by atoms with Crippen LogP contribution in [0, 0.1) is 17.2 Å². The normalized spacial score (nSPS) is 15.8. The molecule has 2 aromatic rings. The molecule has 1 amide bonds. The van der Waals surface area contributed by atoms with Crippen LogP contribution in [-0.4, -0.2) is 12.0 Å². The van der Waals surface area contributed by atoms with Crippen LogP contribution in [0.4, 0.5) is 0 Å². The number of amides is 1. The number of nitrogens with one attached hydrogen (secondary N) is 1. The van der Waals surface area contributed by atoms with Gasteiger partial charge in [-0.05, 0) is 55.5 Å². The van der Waals surface area contributed by atoms with Crippen molar-refractivity contribution >= 4 is 5.91 Å². The highest BCUT2D eigenvalue weighted by Gasteiger charge is 2.34. The van der Waals surface area contributed by atoms with Crippen LogP contribution in [0.1, 0.15) is 36.9 Å². The first-order chi connectivity index (χ1) is 11.7. The van der Waals surface area contributed by atoms with E-state index < -0.39 is 6.10 Å². The van der Waals surface area contributed by atoms with Gasteiger partial charge < -0.3 is 10.1 Å². The summed E-state index contributed by atoms with van der Waals surface area (Å²) in [4.78, 5) is 12.5. The molecule has 0 radical (unpaired) electrons. The average Bonchev–Trinajstić information content (AvgIpc) is 3.45. The molecule has 0 unspecified atom stereocenters. The lowest BCUT2D eigenvalue weighted by atomic mass is 10.0. The Morgan fingerprint density at radius 2 is 1.83 bits per heavy atom. The van der Waals surface area contributed by atoms with Crippen LogP contribution in [0.25, 0.3) is 0 Å². The molecule has 1 aliphatic rings. The Kier molecular flexibility index (Phi) is 4.81. The summed E-state index contributed by atoms with van der Waals surface area (Å²) < 4.78 is 5.69. The molecule has 1 aliphatic carbocycles. The number of nitrogens with zero attached hydrogens (tertiary/aromatic N) is 1. The van der Waals surface area contributed by atoms with E-state index in [4.69, 9.17) is 10.00 Å². The molecule has 4 heteroatoms. The molecule has 1 saturated carbocycles. The second kappa shape index (κ2) is 7.18. The first kappa shape index (κ1) is 16.1. The fraction of sp³-hybridized carbons (Fsp3) is 0.300. The quantitative estimate of drug-likeness (QED) is 0.884. The third-order valence-electron chi connectivity index (χ3n) is 4.22. The minimum absolute atomic E-state index is 0.0470. The standard InChI is InChI=1S/C20H20N2O2/c1-14(24-18-11-7-15(13-21)8-12-18)20(23)22-19(17-9-10-17)16-5-3-2-4-6-16/h2-8,11-12,14,17,19H,9-10H2,1H3,(H,22,23)/t14-,19-/m1/s1. The maximum absolute atomic E-state index is 12.5. The third-order valence-corrected chi connectivity index (χ3v) is 4.22. The van der Waals surface area contributed by atoms with Crippen LogP contribution in [-0.2, 0) is 4.79 Å². The van der Waals surface area contributed by atoms with Crippen molar-refractivity contribution in [3.8, 4) is 11.8 Å². The highest BCUT2D eigenvalue weighted by Crippen LogP contribution is 2.41. The van der Waals surface area contributed by atoms with E-state index in [-0.39, 0.29) is 11.9 Å². The largest absolute Gasteiger partial charge is 0.481 e. The summed E-state index contributed by atoms with van der Waals surface area (Å²) in [5, 5.41) is 11.9. The molecular formula is C20H20N2O2. The molecule has 4 nitrogen and oxygen atoms in total. The Balaban J connectivity index is 1.63. The SMILES string of the molecule is C[C@@H](Oc1ccc(C#N)cc1)C(=O)N[C@H](c1ccccc1)C1CC1. The zero-order valence-corrected chi connectivity index (χ0v) is 13.6. The Hall–Kier alpha value is -2.80. The number of rotatable bonds is 6. The first-order valence-electron chi connectivity index (χ1n) is 8.19. The minimum Gasteiger partial charge on any atom is -0.481 e. The Morgan fingerprint density at radius 3 is 2.42 bits per heavy atom. The zero-order valence-electron chi connectivity index (χ0n) is 13.6. The molecule has 0 aromatic heterocycles. The Labute approximate surface area is 142 Å². The van der Waals surface area contributed by atoms with Gasteiger partial charge in [-0.2, -0.15) is 5.26 Å². The number of nitriles is 1. The smallest absolute Gasteiger partial charge is 0.261 e. The average molecular weight is 320 g/mol. The molecule has 1 fully saturated rings. The summed E-state index contributed by atoms with van der Waals surface area (Å²) in [5.74, 6) is 0.970. The summed E-state index contributed by atoms with van der Waals surface area (Å²) in [6, 6.07) is 18.9. The molecule has 0 heterocycles. The Morgan fingerprint density at radius 1 is 1.17 bits per heavy atom. The number of hydrogen-bond donors (Lipinski definition) is 1. The highest BCUT2D eigenvalue weighted by molar-refractivity contribution is 5.81. The number of hydrogen-bond acceptors (Lipinski definition) is 3. The van der Waals surface area contributed by atoms with Gasteiger partial charge in [0.15, 0.2) is 6.10 Å². The van der Waals surface area contributed by atoms with Crippen molar-refractivity contribution in [2.24, 2.45) is 5.92 Å². The van der Waals surface area contributed by atoms with Gasteiger partial charge in [-0.15, -0.1) is 0 Å². The van der Waals surface area contributed by atoms with E-state index in [2.05, 4.69) is 23.5 Å². The van der Waals surface area contributed by atoms with Crippen molar-refractivity contribution in [2.45, 2.75) is 31.9 Å². The molecule has 0 bridgehead atoms. The monoisotopic (exact) mass is 320 g/mol. The van der Waals surface area contributed by atoms with Crippen LogP contribution >= 0.6 is 0 Å². The van der Waals surface area contributed by atoms with E-state index >= 15 is 0 Å². The molecular weight excluding hydrogens is 300 g/mol. The molecule has 2 aromatic carbocycles. The molecule has 2 atom stereocenters. The molecule has 1 N–H and O–H groups in total. The van der Waals surface area contributed by atoms with Gasteiger partial charge in [0.05, 0.1) is 17.7 Å². The molecule has 3 rings (SSSR count). The molecule has 122 valence electrons. The van der Waals surface area contributed by atoms with Crippen molar-refractivity contribution in [3.63, 3.8) is 0 Å². The van der Waals surface area contributed by atoms with Crippen molar-refractivity contribution in [1.82, 2.24) is 5.32 Å². The minimum atomic E-state index is -0.595. The molecule has 0 saturated heterocycles. The van der Waals surface area contributed by atoms with Gasteiger partial charge in [0, 0.05) is 0 Å². The van der Waals surface area contributed by atoms with Gasteiger partial charge in [0.25, 0.3) is 5.91 Å². The van der Waals surface area contributed by atoms with Gasteiger partial charge >= 0.3 is 0 Å². The summed E-state index contributed by atoms with van der Waals surface area (Å²) >= 11 is 0. The summed E-state index contributed by atoms with van der Waals surface area (Å²) in [6.07, 6.45) is 1.69. The summed E-state index contributed by atoms with van der Waals surface area (Å²) in [5.41, 5.74) is 1.70. The van der Waals surface area contributed by atoms with Crippen LogP contribution in [0.3, 0.4) is 0 Å². The lowest BCUT2D eigenvalue weighted by Gasteiger charge is -2.22. The lowest BCUT2D eigenvalue weighted by Crippen LogP contribution is -2.39. The summed E-state index contributed by atoms with van der Waals surface area (Å²) in [6.45, 7) is 1.74. The van der Waals surface area contributed by atoms with Crippen molar-refractivity contribution < 1.29 is 9.53 Å². The summed E-state index contributed by atoms with van der Waals surface area (Å²) in [7, 11) is 0. The molecule has 0 spiro atoms. The van der Waals surface area contributed by atoms with Crippen LogP contribution in [0.5, 0.6) is 5.75 Å². The molecule has 0 aliphatic heterocycles. The topological polar surface area (TPSA) is 62.1 Å². The maximum Gasteiger partial charge on any atom is 0.261 e. The van der Waals surface area contributed by atoms with Crippen molar-refractivity contribution in [3.05, 3.63) is 65.7 Å². The predicted octanol–water partition coefficient (Wildman–Crippen LogP) is 3.59. The van der Waals surface area contributed by atoms with E-state index in [1.165, 1.54) is 0 Å². The number of carbonyl (C=O) groups is 1. The van der Waals surface area contributed by atoms with Gasteiger partial charge in [-0.1, -0.05) is 30.3 Å². The van der Waals surface area contributed by atoms with E-state index in [0.29, 0.717) is 17.2 Å². The predicted molar refractivity (Wildman–Crippen MR) is 91.3 cm³/mol. The van der Waals surface area contributed by atoms with Crippen molar-refractivity contribution in [1.29, 1.82) is 5.26 Å². The second-order valence-electron chi connectivity index (χ2n) is 6.13. The van der Waals surface area contributed by atoms with E-state index in [1.807, 2.05) is 18.2 Å². The van der Waals surface area contributed by atoms with E-state index in [0.717, 1.165) is 18.4 Å². The van der Waals surface area contributed by atoms with Crippen LogP contribution in [0.2, 0.25) is 0 Å². The first-order valence-corrected chi connectivity index (χ1v) is 8.19. The van der Waals surface area contributed by atoms with Crippen LogP contribution in [0.15, 0.2) is 54.6 Å². The molecule has 24 heavy (non-hydrogen) atoms. The van der Waals surface area contributed by atoms with Crippen molar-refractivity contribution in [2.75, 3.05) is 0 Å². The third kappa shape index (κ3) is 3.94. The highest BCUT2D eigenvalue weighted by atomic mass is 16.5. The number of ether oxygens (including phenoxy) is 1. The number of carbonyl (C=O) groups excluding carboxylic acids is 1. The second-order valence-corrected chi connectivity index (χ2v) is 6.13. The fourth-order valence-electron chi connectivity index (χ4n) is 2.70. The number of benzene rings is 2. The van der Waals surface area contributed by atoms with Gasteiger partial charge in [-0.25, -0.2) is 0 Å². The van der Waals surface area contributed by atoms with E-state index in [9.17, 15) is 4.79 Å². The van der Waals surface area contributed by atoms with E-state index in [1.54, 1.807) is 31.2 Å². The van der Waals surface area contributed by atoms with Gasteiger partial charge in [0.1, 0.15) is 5.75 Å². The zero-order chi connectivity index (χ0) is 16.9. The fourth-order valence-corrected chi connectivity index (χ4v) is 2.70. The lowest BCUT2D eigenvalue weighted by molar-refractivity contribution is -0.128. The van der Waals surface area contributed by atoms with Crippen LogP contribution < -0.4 is 10.1 Å². The maximum atomic E-state index is 12.5. The Bertz CT molecular complexity index is 730.